The quantitative estimate of drug-likeness (QED) is 0.209. The number of fused-ring (bicyclic) bond motifs is 1. The van der Waals surface area contributed by atoms with Crippen LogP contribution in [-0.2, 0) is 16.6 Å². The van der Waals surface area contributed by atoms with Crippen LogP contribution < -0.4 is 20.5 Å². The minimum atomic E-state index is -3.71. The Labute approximate surface area is 187 Å². The molecule has 32 heavy (non-hydrogen) atoms. The van der Waals surface area contributed by atoms with E-state index in [9.17, 15) is 17.6 Å². The van der Waals surface area contributed by atoms with Crippen LogP contribution in [0.1, 0.15) is 35.2 Å². The number of aromatic amines is 1. The number of nitrogens with two attached hydrogens (primary N) is 1. The average Bonchev–Trinajstić information content (AvgIpc) is 3.16. The molecule has 0 unspecified atom stereocenters. The number of unbranched alkanes of at least 4 members (excludes halogenated alkanes) is 1. The first-order chi connectivity index (χ1) is 15.3. The molecular weight excluding hydrogens is 433 g/mol. The van der Waals surface area contributed by atoms with Crippen LogP contribution in [0.15, 0.2) is 54.7 Å². The van der Waals surface area contributed by atoms with Crippen LogP contribution in [0.2, 0.25) is 0 Å². The molecular formula is C22H28FN5O3S. The van der Waals surface area contributed by atoms with Crippen molar-refractivity contribution in [2.45, 2.75) is 31.8 Å². The molecule has 0 spiro atoms. The summed E-state index contributed by atoms with van der Waals surface area (Å²) in [4.78, 5) is 15.8. The lowest BCUT2D eigenvalue weighted by atomic mass is 10.1. The van der Waals surface area contributed by atoms with E-state index in [-0.39, 0.29) is 18.6 Å². The molecule has 172 valence electrons. The summed E-state index contributed by atoms with van der Waals surface area (Å²) in [7, 11) is -3.71. The fraction of sp³-hybridized carbons (Fsp3) is 0.318. The van der Waals surface area contributed by atoms with Gasteiger partial charge >= 0.3 is 0 Å². The Morgan fingerprint density at radius 3 is 2.56 bits per heavy atom. The zero-order chi connectivity index (χ0) is 23.0. The molecule has 3 rings (SSSR count). The van der Waals surface area contributed by atoms with Gasteiger partial charge in [0.15, 0.2) is 0 Å². The summed E-state index contributed by atoms with van der Waals surface area (Å²) in [6, 6.07) is 13.4. The van der Waals surface area contributed by atoms with Gasteiger partial charge in [-0.25, -0.2) is 14.3 Å². The summed E-state index contributed by atoms with van der Waals surface area (Å²) in [5, 5.41) is 12.4. The third-order valence-corrected chi connectivity index (χ3v) is 5.70. The molecule has 1 aromatic heterocycles. The monoisotopic (exact) mass is 461 g/mol. The SMILES string of the molecule is NS(=O)(=O)NCCCC[C@@H](NCCc1c[nH]c2ccccc12)NC(=O)c1ccc(F)cc1. The smallest absolute Gasteiger partial charge is 0.274 e. The second-order valence-corrected chi connectivity index (χ2v) is 8.91. The number of nitrogens with one attached hydrogen (secondary N) is 4. The van der Waals surface area contributed by atoms with E-state index in [4.69, 9.17) is 5.14 Å². The van der Waals surface area contributed by atoms with E-state index in [1.165, 1.54) is 29.8 Å². The van der Waals surface area contributed by atoms with Crippen molar-refractivity contribution < 1.29 is 17.6 Å². The summed E-state index contributed by atoms with van der Waals surface area (Å²) >= 11 is 0. The maximum atomic E-state index is 13.1. The van der Waals surface area contributed by atoms with Crippen molar-refractivity contribution in [3.63, 3.8) is 0 Å². The first kappa shape index (κ1) is 23.9. The first-order valence-corrected chi connectivity index (χ1v) is 12.0. The largest absolute Gasteiger partial charge is 0.361 e. The first-order valence-electron chi connectivity index (χ1n) is 10.4. The molecule has 0 bridgehead atoms. The normalized spacial score (nSPS) is 12.7. The molecule has 1 atom stereocenters. The minimum absolute atomic E-state index is 0.229. The minimum Gasteiger partial charge on any atom is -0.361 e. The van der Waals surface area contributed by atoms with Gasteiger partial charge in [-0.3, -0.25) is 10.1 Å². The van der Waals surface area contributed by atoms with Gasteiger partial charge in [0.05, 0.1) is 6.17 Å². The van der Waals surface area contributed by atoms with E-state index in [0.717, 1.165) is 17.3 Å². The predicted molar refractivity (Wildman–Crippen MR) is 123 cm³/mol. The highest BCUT2D eigenvalue weighted by Gasteiger charge is 2.14. The van der Waals surface area contributed by atoms with Crippen LogP contribution in [0.5, 0.6) is 0 Å². The third kappa shape index (κ3) is 7.41. The summed E-state index contributed by atoms with van der Waals surface area (Å²) in [6.07, 6.45) is 4.25. The van der Waals surface area contributed by atoms with Crippen LogP contribution in [0.4, 0.5) is 4.39 Å². The lowest BCUT2D eigenvalue weighted by Crippen LogP contribution is -2.46. The Kier molecular flexibility index (Phi) is 8.34. The third-order valence-electron chi connectivity index (χ3n) is 5.09. The zero-order valence-corrected chi connectivity index (χ0v) is 18.4. The number of hydrogen-bond acceptors (Lipinski definition) is 4. The van der Waals surface area contributed by atoms with Crippen molar-refractivity contribution >= 4 is 27.0 Å². The van der Waals surface area contributed by atoms with E-state index in [1.54, 1.807) is 0 Å². The Morgan fingerprint density at radius 2 is 1.81 bits per heavy atom. The molecule has 6 N–H and O–H groups in total. The molecule has 1 heterocycles. The molecule has 3 aromatic rings. The second-order valence-electron chi connectivity index (χ2n) is 7.53. The van der Waals surface area contributed by atoms with Gasteiger partial charge in [0.2, 0.25) is 0 Å². The average molecular weight is 462 g/mol. The van der Waals surface area contributed by atoms with Gasteiger partial charge < -0.3 is 10.3 Å². The Balaban J connectivity index is 1.56. The second kappa shape index (κ2) is 11.2. The van der Waals surface area contributed by atoms with Gasteiger partial charge in [-0.1, -0.05) is 18.2 Å². The molecule has 2 aromatic carbocycles. The summed E-state index contributed by atoms with van der Waals surface area (Å²) in [6.45, 7) is 0.860. The van der Waals surface area contributed by atoms with Crippen molar-refractivity contribution in [2.24, 2.45) is 5.14 Å². The number of carbonyl (C=O) groups excluding carboxylic acids is 1. The van der Waals surface area contributed by atoms with Crippen LogP contribution >= 0.6 is 0 Å². The predicted octanol–water partition coefficient (Wildman–Crippen LogP) is 2.16. The van der Waals surface area contributed by atoms with E-state index in [1.807, 2.05) is 24.4 Å². The van der Waals surface area contributed by atoms with Crippen LogP contribution in [0.3, 0.4) is 0 Å². The van der Waals surface area contributed by atoms with E-state index in [2.05, 4.69) is 26.4 Å². The molecule has 0 aliphatic heterocycles. The van der Waals surface area contributed by atoms with Crippen LogP contribution in [-0.4, -0.2) is 38.6 Å². The Hall–Kier alpha value is -2.79. The maximum absolute atomic E-state index is 13.1. The van der Waals surface area contributed by atoms with Crippen LogP contribution in [0, 0.1) is 5.82 Å². The van der Waals surface area contributed by atoms with Crippen molar-refractivity contribution in [1.29, 1.82) is 0 Å². The maximum Gasteiger partial charge on any atom is 0.274 e. The van der Waals surface area contributed by atoms with E-state index >= 15 is 0 Å². The van der Waals surface area contributed by atoms with Crippen molar-refractivity contribution in [3.05, 3.63) is 71.7 Å². The Morgan fingerprint density at radius 1 is 1.06 bits per heavy atom. The topological polar surface area (TPSA) is 129 Å². The summed E-state index contributed by atoms with van der Waals surface area (Å²) in [5.41, 5.74) is 2.62. The molecule has 0 saturated heterocycles. The number of carbonyl (C=O) groups is 1. The number of H-pyrrole nitrogens is 1. The van der Waals surface area contributed by atoms with Gasteiger partial charge in [-0.05, 0) is 61.6 Å². The summed E-state index contributed by atoms with van der Waals surface area (Å²) in [5.74, 6) is -0.713. The highest BCUT2D eigenvalue weighted by Crippen LogP contribution is 2.17. The lowest BCUT2D eigenvalue weighted by molar-refractivity contribution is 0.0926. The van der Waals surface area contributed by atoms with E-state index in [0.29, 0.717) is 31.4 Å². The highest BCUT2D eigenvalue weighted by atomic mass is 32.2. The zero-order valence-electron chi connectivity index (χ0n) is 17.6. The van der Waals surface area contributed by atoms with Crippen molar-refractivity contribution in [2.75, 3.05) is 13.1 Å². The van der Waals surface area contributed by atoms with E-state index < -0.39 is 16.0 Å². The molecule has 0 aliphatic rings. The van der Waals surface area contributed by atoms with Gasteiger partial charge in [0.25, 0.3) is 16.1 Å². The number of aromatic nitrogens is 1. The molecule has 0 aliphatic carbocycles. The number of halogens is 1. The number of rotatable bonds is 12. The standard InChI is InChI=1S/C22H28FN5O3S/c23-18-10-8-16(9-11-18)22(29)28-21(7-3-4-13-27-32(24,30)31)25-14-12-17-15-26-20-6-2-1-5-19(17)20/h1-2,5-6,8-11,15,21,25-27H,3-4,7,12-14H2,(H,28,29)(H2,24,30,31)/t21-/m0/s1. The van der Waals surface area contributed by atoms with Crippen molar-refractivity contribution in [1.82, 2.24) is 20.3 Å². The molecule has 8 nitrogen and oxygen atoms in total. The molecule has 0 radical (unpaired) electrons. The number of benzene rings is 2. The molecule has 1 amide bonds. The number of hydrogen-bond donors (Lipinski definition) is 5. The highest BCUT2D eigenvalue weighted by molar-refractivity contribution is 7.87. The van der Waals surface area contributed by atoms with Crippen LogP contribution in [0.25, 0.3) is 10.9 Å². The fourth-order valence-corrected chi connectivity index (χ4v) is 3.90. The number of amides is 1. The lowest BCUT2D eigenvalue weighted by Gasteiger charge is -2.20. The summed E-state index contributed by atoms with van der Waals surface area (Å²) < 4.78 is 37.3. The molecule has 10 heteroatoms. The Bertz CT molecular complexity index is 1130. The van der Waals surface area contributed by atoms with Gasteiger partial charge in [-0.2, -0.15) is 8.42 Å². The van der Waals surface area contributed by atoms with Gasteiger partial charge in [-0.15, -0.1) is 0 Å². The number of para-hydroxylation sites is 1. The van der Waals surface area contributed by atoms with Crippen molar-refractivity contribution in [3.8, 4) is 0 Å². The fourth-order valence-electron chi connectivity index (χ4n) is 3.48. The van der Waals surface area contributed by atoms with Gasteiger partial charge in [0.1, 0.15) is 5.82 Å². The molecule has 0 fully saturated rings. The molecule has 0 saturated carbocycles. The van der Waals surface area contributed by atoms with Gasteiger partial charge in [0, 0.05) is 35.8 Å².